The topological polar surface area (TPSA) is 97.3 Å². The zero-order valence-corrected chi connectivity index (χ0v) is 23.3. The number of aromatic nitrogens is 3. The highest BCUT2D eigenvalue weighted by Gasteiger charge is 2.19. The summed E-state index contributed by atoms with van der Waals surface area (Å²) in [6.45, 7) is 1.48. The maximum absolute atomic E-state index is 13.2. The summed E-state index contributed by atoms with van der Waals surface area (Å²) in [6, 6.07) is 15.1. The van der Waals surface area contributed by atoms with E-state index in [1.54, 1.807) is 10.6 Å². The number of carbonyl (C=O) groups excluding carboxylic acids is 1. The fraction of sp³-hybridized carbons (Fsp3) is 0.280. The van der Waals surface area contributed by atoms with Gasteiger partial charge in [0.25, 0.3) is 11.5 Å². The maximum atomic E-state index is 13.2. The number of hydrazine groups is 1. The number of anilines is 1. The fourth-order valence-electron chi connectivity index (χ4n) is 3.61. The number of carbonyl (C=O) groups is 1. The zero-order chi connectivity index (χ0) is 25.7. The minimum atomic E-state index is -0.322. The van der Waals surface area contributed by atoms with E-state index in [-0.39, 0.29) is 17.2 Å². The van der Waals surface area contributed by atoms with Crippen LogP contribution in [0.2, 0.25) is 0 Å². The van der Waals surface area contributed by atoms with E-state index in [1.165, 1.54) is 23.1 Å². The Bertz CT molecular complexity index is 1420. The number of amides is 1. The molecule has 1 amide bonds. The lowest BCUT2D eigenvalue weighted by molar-refractivity contribution is -0.116. The average Bonchev–Trinajstić information content (AvgIpc) is 3.36. The van der Waals surface area contributed by atoms with Crippen LogP contribution in [-0.4, -0.2) is 51.7 Å². The van der Waals surface area contributed by atoms with Crippen LogP contribution in [0, 0.1) is 0 Å². The van der Waals surface area contributed by atoms with E-state index in [9.17, 15) is 9.59 Å². The van der Waals surface area contributed by atoms with Crippen LogP contribution in [0.15, 0.2) is 68.3 Å². The first-order valence-electron chi connectivity index (χ1n) is 11.4. The van der Waals surface area contributed by atoms with Crippen LogP contribution >= 0.6 is 39.0 Å². The van der Waals surface area contributed by atoms with E-state index in [4.69, 9.17) is 10.8 Å². The summed E-state index contributed by atoms with van der Waals surface area (Å²) < 4.78 is 2.62. The molecule has 36 heavy (non-hydrogen) atoms. The highest BCUT2D eigenvalue weighted by molar-refractivity contribution is 9.10. The van der Waals surface area contributed by atoms with Gasteiger partial charge in [0.2, 0.25) is 5.13 Å². The first-order chi connectivity index (χ1) is 17.3. The van der Waals surface area contributed by atoms with Crippen molar-refractivity contribution in [1.29, 1.82) is 0 Å². The molecular formula is C25H27BrN6O2S2. The summed E-state index contributed by atoms with van der Waals surface area (Å²) in [7, 11) is 4.05. The highest BCUT2D eigenvalue weighted by atomic mass is 79.9. The van der Waals surface area contributed by atoms with Crippen LogP contribution in [0.3, 0.4) is 0 Å². The molecule has 8 nitrogen and oxygen atoms in total. The van der Waals surface area contributed by atoms with Crippen molar-refractivity contribution in [2.45, 2.75) is 24.5 Å². The molecule has 2 N–H and O–H groups in total. The third-order valence-corrected chi connectivity index (χ3v) is 7.77. The Balaban J connectivity index is 1.49. The van der Waals surface area contributed by atoms with Crippen molar-refractivity contribution in [3.63, 3.8) is 0 Å². The molecule has 4 rings (SSSR count). The number of thioether (sulfide) groups is 1. The normalized spacial score (nSPS) is 11.4. The van der Waals surface area contributed by atoms with Crippen LogP contribution in [0.4, 0.5) is 5.13 Å². The maximum Gasteiger partial charge on any atom is 0.262 e. The molecule has 0 aliphatic rings. The van der Waals surface area contributed by atoms with Crippen molar-refractivity contribution < 1.29 is 4.79 Å². The third kappa shape index (κ3) is 6.40. The van der Waals surface area contributed by atoms with Crippen LogP contribution < -0.4 is 16.4 Å². The van der Waals surface area contributed by atoms with Gasteiger partial charge in [-0.05, 0) is 57.7 Å². The molecule has 0 bridgehead atoms. The van der Waals surface area contributed by atoms with Gasteiger partial charge in [0.15, 0.2) is 5.16 Å². The van der Waals surface area contributed by atoms with Gasteiger partial charge in [0.05, 0.1) is 22.3 Å². The predicted octanol–water partition coefficient (Wildman–Crippen LogP) is 4.62. The van der Waals surface area contributed by atoms with Crippen LogP contribution in [-0.2, 0) is 11.3 Å². The van der Waals surface area contributed by atoms with Crippen molar-refractivity contribution >= 4 is 61.0 Å². The van der Waals surface area contributed by atoms with Crippen molar-refractivity contribution in [2.24, 2.45) is 5.84 Å². The standard InChI is InChI=1S/C25H27BrN6O2S2/c1-30(2)12-5-6-13-31-23(34)19-10-3-4-11-20(19)28-24(31)36-16-22(33)32(27)25-29-21(15-35-25)17-8-7-9-18(26)14-17/h3-4,7-11,14-15H,5-6,12-13,16,27H2,1-2H3. The largest absolute Gasteiger partial charge is 0.309 e. The van der Waals surface area contributed by atoms with Gasteiger partial charge >= 0.3 is 0 Å². The first-order valence-corrected chi connectivity index (χ1v) is 14.1. The quantitative estimate of drug-likeness (QED) is 0.0722. The minimum Gasteiger partial charge on any atom is -0.309 e. The van der Waals surface area contributed by atoms with Crippen LogP contribution in [0.5, 0.6) is 0 Å². The number of nitrogens with two attached hydrogens (primary N) is 1. The summed E-state index contributed by atoms with van der Waals surface area (Å²) in [6.07, 6.45) is 1.79. The molecule has 4 aromatic rings. The summed E-state index contributed by atoms with van der Waals surface area (Å²) in [5.41, 5.74) is 2.20. The Morgan fingerprint density at radius 3 is 2.72 bits per heavy atom. The second-order valence-electron chi connectivity index (χ2n) is 8.46. The van der Waals surface area contributed by atoms with E-state index in [1.807, 2.05) is 61.9 Å². The Kier molecular flexibility index (Phi) is 8.91. The van der Waals surface area contributed by atoms with E-state index >= 15 is 0 Å². The number of para-hydroxylation sites is 1. The Morgan fingerprint density at radius 2 is 1.94 bits per heavy atom. The smallest absolute Gasteiger partial charge is 0.262 e. The molecule has 0 saturated heterocycles. The van der Waals surface area contributed by atoms with Gasteiger partial charge in [-0.3, -0.25) is 14.2 Å². The number of unbranched alkanes of at least 4 members (excludes halogenated alkanes) is 1. The predicted molar refractivity (Wildman–Crippen MR) is 151 cm³/mol. The van der Waals surface area contributed by atoms with Crippen molar-refractivity contribution in [1.82, 2.24) is 19.4 Å². The second-order valence-corrected chi connectivity index (χ2v) is 11.2. The first kappa shape index (κ1) is 26.5. The van der Waals surface area contributed by atoms with E-state index in [0.29, 0.717) is 27.7 Å². The Morgan fingerprint density at radius 1 is 1.14 bits per heavy atom. The van der Waals surface area contributed by atoms with Gasteiger partial charge in [-0.1, -0.05) is 52.0 Å². The lowest BCUT2D eigenvalue weighted by Crippen LogP contribution is -2.38. The summed E-state index contributed by atoms with van der Waals surface area (Å²) in [4.78, 5) is 37.5. The number of nitrogens with zero attached hydrogens (tertiary/aromatic N) is 5. The van der Waals surface area contributed by atoms with Crippen molar-refractivity contribution in [3.05, 3.63) is 68.7 Å². The van der Waals surface area contributed by atoms with Gasteiger partial charge in [-0.15, -0.1) is 11.3 Å². The molecule has 11 heteroatoms. The lowest BCUT2D eigenvalue weighted by atomic mass is 10.2. The molecule has 0 unspecified atom stereocenters. The third-order valence-electron chi connectivity index (χ3n) is 5.48. The number of halogens is 1. The summed E-state index contributed by atoms with van der Waals surface area (Å²) >= 11 is 5.98. The molecule has 0 aliphatic carbocycles. The van der Waals surface area contributed by atoms with Crippen LogP contribution in [0.25, 0.3) is 22.2 Å². The van der Waals surface area contributed by atoms with Gasteiger partial charge in [0, 0.05) is 22.0 Å². The molecule has 0 radical (unpaired) electrons. The number of rotatable bonds is 10. The monoisotopic (exact) mass is 586 g/mol. The molecule has 2 heterocycles. The molecule has 0 spiro atoms. The van der Waals surface area contributed by atoms with Crippen molar-refractivity contribution in [2.75, 3.05) is 31.4 Å². The second kappa shape index (κ2) is 12.1. The minimum absolute atomic E-state index is 0.0325. The summed E-state index contributed by atoms with van der Waals surface area (Å²) in [5, 5.41) is 4.43. The molecule has 2 aromatic carbocycles. The lowest BCUT2D eigenvalue weighted by Gasteiger charge is -2.16. The van der Waals surface area contributed by atoms with Crippen LogP contribution in [0.1, 0.15) is 12.8 Å². The summed E-state index contributed by atoms with van der Waals surface area (Å²) in [5.74, 6) is 5.83. The molecular weight excluding hydrogens is 560 g/mol. The SMILES string of the molecule is CN(C)CCCCn1c(SCC(=O)N(N)c2nc(-c3cccc(Br)c3)cs2)nc2ccccc2c1=O. The van der Waals surface area contributed by atoms with E-state index in [2.05, 4.69) is 25.8 Å². The highest BCUT2D eigenvalue weighted by Crippen LogP contribution is 2.28. The Labute approximate surface area is 226 Å². The Hall–Kier alpha value is -2.57. The zero-order valence-electron chi connectivity index (χ0n) is 20.1. The number of fused-ring (bicyclic) bond motifs is 1. The number of thiazole rings is 1. The van der Waals surface area contributed by atoms with Gasteiger partial charge in [-0.2, -0.15) is 0 Å². The van der Waals surface area contributed by atoms with Gasteiger partial charge in [-0.25, -0.2) is 20.8 Å². The number of hydrogen-bond acceptors (Lipinski definition) is 8. The molecule has 188 valence electrons. The van der Waals surface area contributed by atoms with E-state index < -0.39 is 0 Å². The van der Waals surface area contributed by atoms with Gasteiger partial charge < -0.3 is 4.90 Å². The molecule has 0 aliphatic heterocycles. The average molecular weight is 588 g/mol. The fourth-order valence-corrected chi connectivity index (χ4v) is 5.67. The molecule has 0 atom stereocenters. The number of hydrogen-bond donors (Lipinski definition) is 1. The molecule has 0 saturated carbocycles. The van der Waals surface area contributed by atoms with E-state index in [0.717, 1.165) is 40.1 Å². The molecule has 2 aromatic heterocycles. The number of benzene rings is 2. The van der Waals surface area contributed by atoms with Gasteiger partial charge in [0.1, 0.15) is 0 Å². The molecule has 0 fully saturated rings. The van der Waals surface area contributed by atoms with Crippen molar-refractivity contribution in [3.8, 4) is 11.3 Å².